The van der Waals surface area contributed by atoms with Gasteiger partial charge in [0.25, 0.3) is 0 Å². The SMILES string of the molecule is CC1(C)CC[C@]2(C(=O)O)CCC3(C)C(=CCC4C3(C)CCC3C(C)(C)[C@@H](O)CC[C@@]34C)[C@@H]2C1. The molecule has 0 amide bonds. The van der Waals surface area contributed by atoms with E-state index in [1.54, 1.807) is 0 Å². The average Bonchev–Trinajstić information content (AvgIpc) is 2.71. The third-order valence-corrected chi connectivity index (χ3v) is 13.0. The lowest BCUT2D eigenvalue weighted by atomic mass is 9.33. The number of aliphatic hydroxyl groups excluding tert-OH is 1. The third-order valence-electron chi connectivity index (χ3n) is 13.0. The lowest BCUT2D eigenvalue weighted by Gasteiger charge is -2.71. The van der Waals surface area contributed by atoms with Gasteiger partial charge in [-0.1, -0.05) is 60.1 Å². The van der Waals surface area contributed by atoms with E-state index in [-0.39, 0.29) is 39.1 Å². The summed E-state index contributed by atoms with van der Waals surface area (Å²) in [6.07, 6.45) is 12.6. The molecular formula is C30H48O3. The summed E-state index contributed by atoms with van der Waals surface area (Å²) in [5.74, 6) is 0.807. The standard InChI is InChI=1S/C30H48O3/c1-25(2)14-16-30(24(32)33)17-15-28(6)19(20(30)18-25)8-9-22-27(5)12-11-23(31)26(3,4)21(27)10-13-29(22,28)7/h8,20-23,31H,9-18H2,1-7H3,(H,32,33)/t20-,21?,22?,23-,27-,28?,29?,30-/m0/s1. The van der Waals surface area contributed by atoms with Crippen LogP contribution in [0.15, 0.2) is 11.6 Å². The summed E-state index contributed by atoms with van der Waals surface area (Å²) in [5.41, 5.74) is 1.68. The first-order valence-corrected chi connectivity index (χ1v) is 13.8. The molecule has 0 aromatic rings. The Bertz CT molecular complexity index is 885. The van der Waals surface area contributed by atoms with Gasteiger partial charge < -0.3 is 10.2 Å². The number of rotatable bonds is 1. The molecule has 0 bridgehead atoms. The molecule has 0 aromatic heterocycles. The van der Waals surface area contributed by atoms with Crippen LogP contribution in [-0.4, -0.2) is 22.3 Å². The van der Waals surface area contributed by atoms with E-state index in [9.17, 15) is 15.0 Å². The van der Waals surface area contributed by atoms with E-state index in [2.05, 4.69) is 54.5 Å². The fourth-order valence-corrected chi connectivity index (χ4v) is 10.6. The van der Waals surface area contributed by atoms with Crippen LogP contribution in [0.4, 0.5) is 0 Å². The zero-order chi connectivity index (χ0) is 24.2. The van der Waals surface area contributed by atoms with E-state index < -0.39 is 11.4 Å². The molecule has 0 heterocycles. The van der Waals surface area contributed by atoms with Crippen molar-refractivity contribution in [2.24, 2.45) is 50.2 Å². The van der Waals surface area contributed by atoms with Gasteiger partial charge in [0.1, 0.15) is 0 Å². The fourth-order valence-electron chi connectivity index (χ4n) is 10.6. The van der Waals surface area contributed by atoms with Gasteiger partial charge in [0.05, 0.1) is 11.5 Å². The predicted molar refractivity (Wildman–Crippen MR) is 133 cm³/mol. The second kappa shape index (κ2) is 6.89. The normalized spacial score (nSPS) is 52.4. The monoisotopic (exact) mass is 456 g/mol. The van der Waals surface area contributed by atoms with Crippen LogP contribution < -0.4 is 0 Å². The number of fused-ring (bicyclic) bond motifs is 7. The van der Waals surface area contributed by atoms with Crippen LogP contribution in [0.25, 0.3) is 0 Å². The summed E-state index contributed by atoms with van der Waals surface area (Å²) in [5, 5.41) is 21.4. The molecule has 2 N–H and O–H groups in total. The lowest BCUT2D eigenvalue weighted by Crippen LogP contribution is -2.65. The van der Waals surface area contributed by atoms with Crippen molar-refractivity contribution >= 4 is 5.97 Å². The molecule has 0 aromatic carbocycles. The number of allylic oxidation sites excluding steroid dienone is 2. The van der Waals surface area contributed by atoms with Gasteiger partial charge in [-0.15, -0.1) is 0 Å². The van der Waals surface area contributed by atoms with E-state index in [0.29, 0.717) is 11.8 Å². The summed E-state index contributed by atoms with van der Waals surface area (Å²) in [7, 11) is 0. The first-order chi connectivity index (χ1) is 15.1. The highest BCUT2D eigenvalue weighted by Gasteiger charge is 2.69. The van der Waals surface area contributed by atoms with Crippen molar-refractivity contribution in [2.45, 2.75) is 119 Å². The first kappa shape index (κ1) is 23.9. The summed E-state index contributed by atoms with van der Waals surface area (Å²) < 4.78 is 0. The minimum absolute atomic E-state index is 0.0301. The molecule has 3 heteroatoms. The Morgan fingerprint density at radius 1 is 0.879 bits per heavy atom. The van der Waals surface area contributed by atoms with Crippen molar-refractivity contribution in [3.63, 3.8) is 0 Å². The van der Waals surface area contributed by atoms with Crippen molar-refractivity contribution in [1.82, 2.24) is 0 Å². The zero-order valence-corrected chi connectivity index (χ0v) is 22.3. The molecule has 0 radical (unpaired) electrons. The number of aliphatic carboxylic acids is 1. The van der Waals surface area contributed by atoms with E-state index in [1.165, 1.54) is 18.4 Å². The maximum absolute atomic E-state index is 12.8. The van der Waals surface area contributed by atoms with Crippen molar-refractivity contribution in [3.05, 3.63) is 11.6 Å². The van der Waals surface area contributed by atoms with Gasteiger partial charge in [-0.2, -0.15) is 0 Å². The number of carboxylic acid groups (broad SMARTS) is 1. The summed E-state index contributed by atoms with van der Waals surface area (Å²) in [6, 6.07) is 0. The van der Waals surface area contributed by atoms with Crippen molar-refractivity contribution in [1.29, 1.82) is 0 Å². The molecule has 4 fully saturated rings. The van der Waals surface area contributed by atoms with Gasteiger partial charge in [-0.25, -0.2) is 0 Å². The topological polar surface area (TPSA) is 57.5 Å². The Morgan fingerprint density at radius 3 is 2.21 bits per heavy atom. The maximum Gasteiger partial charge on any atom is 0.310 e. The highest BCUT2D eigenvalue weighted by atomic mass is 16.4. The number of hydrogen-bond donors (Lipinski definition) is 2. The van der Waals surface area contributed by atoms with Crippen molar-refractivity contribution in [3.8, 4) is 0 Å². The van der Waals surface area contributed by atoms with Crippen LogP contribution in [0.5, 0.6) is 0 Å². The smallest absolute Gasteiger partial charge is 0.310 e. The molecule has 3 nitrogen and oxygen atoms in total. The van der Waals surface area contributed by atoms with Crippen molar-refractivity contribution < 1.29 is 15.0 Å². The predicted octanol–water partition coefficient (Wildman–Crippen LogP) is 7.23. The van der Waals surface area contributed by atoms with Crippen LogP contribution in [-0.2, 0) is 4.79 Å². The highest BCUT2D eigenvalue weighted by molar-refractivity contribution is 5.76. The molecule has 0 spiro atoms. The zero-order valence-electron chi connectivity index (χ0n) is 22.3. The van der Waals surface area contributed by atoms with Crippen LogP contribution in [0.1, 0.15) is 113 Å². The average molecular weight is 457 g/mol. The second-order valence-electron chi connectivity index (χ2n) is 15.1. The van der Waals surface area contributed by atoms with Crippen molar-refractivity contribution in [2.75, 3.05) is 0 Å². The molecule has 0 saturated heterocycles. The Morgan fingerprint density at radius 2 is 1.55 bits per heavy atom. The van der Waals surface area contributed by atoms with E-state index in [4.69, 9.17) is 0 Å². The quantitative estimate of drug-likeness (QED) is 0.409. The Labute approximate surface area is 201 Å². The summed E-state index contributed by atoms with van der Waals surface area (Å²) in [4.78, 5) is 12.8. The van der Waals surface area contributed by atoms with Crippen LogP contribution in [0.2, 0.25) is 0 Å². The fraction of sp³-hybridized carbons (Fsp3) is 0.900. The Kier molecular flexibility index (Phi) is 4.99. The number of aliphatic hydroxyl groups is 1. The molecule has 5 aliphatic carbocycles. The molecule has 8 atom stereocenters. The Hall–Kier alpha value is -0.830. The van der Waals surface area contributed by atoms with Gasteiger partial charge in [-0.3, -0.25) is 4.79 Å². The first-order valence-electron chi connectivity index (χ1n) is 13.8. The number of carboxylic acids is 1. The lowest BCUT2D eigenvalue weighted by molar-refractivity contribution is -0.205. The third kappa shape index (κ3) is 2.87. The molecular weight excluding hydrogens is 408 g/mol. The molecule has 186 valence electrons. The van der Waals surface area contributed by atoms with E-state index in [0.717, 1.165) is 51.4 Å². The largest absolute Gasteiger partial charge is 0.481 e. The van der Waals surface area contributed by atoms with Gasteiger partial charge in [0, 0.05) is 0 Å². The van der Waals surface area contributed by atoms with Crippen LogP contribution in [0, 0.1) is 50.2 Å². The van der Waals surface area contributed by atoms with Gasteiger partial charge >= 0.3 is 5.97 Å². The summed E-state index contributed by atoms with van der Waals surface area (Å²) >= 11 is 0. The molecule has 5 aliphatic rings. The molecule has 33 heavy (non-hydrogen) atoms. The molecule has 4 saturated carbocycles. The molecule has 0 aliphatic heterocycles. The maximum atomic E-state index is 12.8. The van der Waals surface area contributed by atoms with Gasteiger partial charge in [0.2, 0.25) is 0 Å². The molecule has 5 rings (SSSR count). The molecule has 4 unspecified atom stereocenters. The highest BCUT2D eigenvalue weighted by Crippen LogP contribution is 2.75. The van der Waals surface area contributed by atoms with E-state index in [1.807, 2.05) is 0 Å². The Balaban J connectivity index is 1.60. The second-order valence-corrected chi connectivity index (χ2v) is 15.1. The van der Waals surface area contributed by atoms with Gasteiger partial charge in [0.15, 0.2) is 0 Å². The number of hydrogen-bond acceptors (Lipinski definition) is 2. The van der Waals surface area contributed by atoms with Crippen LogP contribution >= 0.6 is 0 Å². The van der Waals surface area contributed by atoms with Gasteiger partial charge in [-0.05, 0) is 109 Å². The minimum atomic E-state index is -0.553. The van der Waals surface area contributed by atoms with Crippen LogP contribution in [0.3, 0.4) is 0 Å². The number of carbonyl (C=O) groups is 1. The van der Waals surface area contributed by atoms with E-state index >= 15 is 0 Å². The summed E-state index contributed by atoms with van der Waals surface area (Å²) in [6.45, 7) is 16.9. The minimum Gasteiger partial charge on any atom is -0.481 e.